The second kappa shape index (κ2) is 7.15. The van der Waals surface area contributed by atoms with E-state index in [2.05, 4.69) is 4.98 Å². The highest BCUT2D eigenvalue weighted by atomic mass is 32.2. The molecule has 1 fully saturated rings. The Hall–Kier alpha value is -0.980. The third kappa shape index (κ3) is 4.01. The van der Waals surface area contributed by atoms with E-state index >= 15 is 0 Å². The summed E-state index contributed by atoms with van der Waals surface area (Å²) < 4.78 is 26.4. The Bertz CT molecular complexity index is 498. The lowest BCUT2D eigenvalue weighted by atomic mass is 10.2. The lowest BCUT2D eigenvalue weighted by molar-refractivity contribution is 0.226. The van der Waals surface area contributed by atoms with Crippen LogP contribution in [0.4, 0.5) is 0 Å². The molecular weight excluding hydrogens is 276 g/mol. The maximum atomic E-state index is 12.5. The van der Waals surface area contributed by atoms with Gasteiger partial charge in [-0.05, 0) is 25.0 Å². The Morgan fingerprint density at radius 1 is 1.30 bits per heavy atom. The summed E-state index contributed by atoms with van der Waals surface area (Å²) in [6.07, 6.45) is 6.04. The van der Waals surface area contributed by atoms with Gasteiger partial charge in [0.05, 0.1) is 12.4 Å². The van der Waals surface area contributed by atoms with Crippen LogP contribution in [0.1, 0.15) is 31.4 Å². The molecule has 1 aliphatic rings. The number of pyridine rings is 1. The molecule has 0 spiro atoms. The maximum Gasteiger partial charge on any atom is 0.214 e. The van der Waals surface area contributed by atoms with E-state index in [9.17, 15) is 8.42 Å². The summed E-state index contributed by atoms with van der Waals surface area (Å²) in [6, 6.07) is 5.57. The number of aromatic nitrogens is 1. The molecule has 0 aromatic carbocycles. The zero-order chi connectivity index (χ0) is 14.4. The largest absolute Gasteiger partial charge is 0.395 e. The van der Waals surface area contributed by atoms with Crippen LogP contribution in [0.5, 0.6) is 0 Å². The summed E-state index contributed by atoms with van der Waals surface area (Å²) in [5, 5.41) is 9.13. The van der Waals surface area contributed by atoms with Crippen molar-refractivity contribution in [1.82, 2.24) is 9.29 Å². The van der Waals surface area contributed by atoms with Gasteiger partial charge in [0.15, 0.2) is 0 Å². The molecule has 112 valence electrons. The van der Waals surface area contributed by atoms with Gasteiger partial charge in [-0.1, -0.05) is 18.9 Å². The fourth-order valence-electron chi connectivity index (χ4n) is 2.74. The van der Waals surface area contributed by atoms with Crippen molar-refractivity contribution >= 4 is 10.0 Å². The highest BCUT2D eigenvalue weighted by Gasteiger charge is 2.31. The van der Waals surface area contributed by atoms with Gasteiger partial charge in [-0.25, -0.2) is 8.42 Å². The smallest absolute Gasteiger partial charge is 0.214 e. The molecule has 0 amide bonds. The molecule has 1 heterocycles. The molecular formula is C14H22N2O3S. The maximum absolute atomic E-state index is 12.5. The van der Waals surface area contributed by atoms with Crippen LogP contribution >= 0.6 is 0 Å². The van der Waals surface area contributed by atoms with Gasteiger partial charge in [0.25, 0.3) is 0 Å². The third-order valence-corrected chi connectivity index (χ3v) is 5.67. The first-order valence-corrected chi connectivity index (χ1v) is 8.74. The van der Waals surface area contributed by atoms with E-state index in [0.717, 1.165) is 31.4 Å². The van der Waals surface area contributed by atoms with Gasteiger partial charge < -0.3 is 5.11 Å². The predicted molar refractivity (Wildman–Crippen MR) is 77.8 cm³/mol. The molecule has 1 saturated carbocycles. The van der Waals surface area contributed by atoms with Gasteiger partial charge in [-0.2, -0.15) is 4.31 Å². The molecule has 0 saturated heterocycles. The van der Waals surface area contributed by atoms with E-state index in [-0.39, 0.29) is 24.9 Å². The summed E-state index contributed by atoms with van der Waals surface area (Å²) in [7, 11) is -3.33. The van der Waals surface area contributed by atoms with Crippen molar-refractivity contribution in [2.45, 2.75) is 38.1 Å². The summed E-state index contributed by atoms with van der Waals surface area (Å²) in [4.78, 5) is 4.15. The summed E-state index contributed by atoms with van der Waals surface area (Å²) in [5.74, 6) is 0.0561. The molecule has 1 aliphatic carbocycles. The molecule has 20 heavy (non-hydrogen) atoms. The van der Waals surface area contributed by atoms with Crippen LogP contribution < -0.4 is 0 Å². The van der Waals surface area contributed by atoms with Crippen LogP contribution in [-0.4, -0.2) is 47.8 Å². The van der Waals surface area contributed by atoms with E-state index in [1.54, 1.807) is 6.20 Å². The number of nitrogens with zero attached hydrogens (tertiary/aromatic N) is 2. The standard InChI is InChI=1S/C14H22N2O3S/c17-11-10-16(14-6-1-2-7-14)20(18,19)12-8-13-5-3-4-9-15-13/h3-5,9,14,17H,1-2,6-8,10-12H2. The number of hydrogen-bond donors (Lipinski definition) is 1. The molecule has 0 unspecified atom stereocenters. The first-order chi connectivity index (χ1) is 9.63. The second-order valence-corrected chi connectivity index (χ2v) is 7.20. The van der Waals surface area contributed by atoms with Crippen molar-refractivity contribution in [3.63, 3.8) is 0 Å². The van der Waals surface area contributed by atoms with Gasteiger partial charge in [0.2, 0.25) is 10.0 Å². The normalized spacial score (nSPS) is 16.9. The highest BCUT2D eigenvalue weighted by molar-refractivity contribution is 7.89. The second-order valence-electron chi connectivity index (χ2n) is 5.16. The number of aryl methyl sites for hydroxylation is 1. The molecule has 1 aromatic heterocycles. The van der Waals surface area contributed by atoms with E-state index in [4.69, 9.17) is 5.11 Å². The monoisotopic (exact) mass is 298 g/mol. The Morgan fingerprint density at radius 2 is 2.05 bits per heavy atom. The fraction of sp³-hybridized carbons (Fsp3) is 0.643. The van der Waals surface area contributed by atoms with Crippen LogP contribution in [0.2, 0.25) is 0 Å². The van der Waals surface area contributed by atoms with E-state index in [1.165, 1.54) is 4.31 Å². The Labute approximate surface area is 120 Å². The van der Waals surface area contributed by atoms with Crippen LogP contribution in [0.25, 0.3) is 0 Å². The average molecular weight is 298 g/mol. The summed E-state index contributed by atoms with van der Waals surface area (Å²) in [6.45, 7) is 0.0779. The number of sulfonamides is 1. The number of aliphatic hydroxyl groups is 1. The average Bonchev–Trinajstić information content (AvgIpc) is 2.97. The quantitative estimate of drug-likeness (QED) is 0.821. The van der Waals surface area contributed by atoms with Crippen molar-refractivity contribution < 1.29 is 13.5 Å². The lowest BCUT2D eigenvalue weighted by Crippen LogP contribution is -2.42. The van der Waals surface area contributed by atoms with Crippen molar-refractivity contribution in [3.8, 4) is 0 Å². The molecule has 1 N–H and O–H groups in total. The van der Waals surface area contributed by atoms with Crippen LogP contribution in [0.15, 0.2) is 24.4 Å². The first-order valence-electron chi connectivity index (χ1n) is 7.14. The van der Waals surface area contributed by atoms with E-state index in [0.29, 0.717) is 6.42 Å². The van der Waals surface area contributed by atoms with Gasteiger partial charge >= 0.3 is 0 Å². The Kier molecular flexibility index (Phi) is 5.51. The van der Waals surface area contributed by atoms with Gasteiger partial charge in [-0.3, -0.25) is 4.98 Å². The fourth-order valence-corrected chi connectivity index (χ4v) is 4.46. The summed E-state index contributed by atoms with van der Waals surface area (Å²) >= 11 is 0. The van der Waals surface area contributed by atoms with Crippen molar-refractivity contribution in [3.05, 3.63) is 30.1 Å². The Morgan fingerprint density at radius 3 is 2.65 bits per heavy atom. The van der Waals surface area contributed by atoms with Crippen molar-refractivity contribution in [2.24, 2.45) is 0 Å². The topological polar surface area (TPSA) is 70.5 Å². The SMILES string of the molecule is O=S(=O)(CCc1ccccn1)N(CCO)C1CCCC1. The molecule has 0 radical (unpaired) electrons. The van der Waals surface area contributed by atoms with Crippen LogP contribution in [0, 0.1) is 0 Å². The minimum atomic E-state index is -3.33. The van der Waals surface area contributed by atoms with Crippen LogP contribution in [-0.2, 0) is 16.4 Å². The predicted octanol–water partition coefficient (Wildman–Crippen LogP) is 1.19. The lowest BCUT2D eigenvalue weighted by Gasteiger charge is -2.27. The zero-order valence-corrected chi connectivity index (χ0v) is 12.4. The molecule has 0 atom stereocenters. The summed E-state index contributed by atoms with van der Waals surface area (Å²) in [5.41, 5.74) is 0.784. The molecule has 0 aliphatic heterocycles. The minimum absolute atomic E-state index is 0.0561. The molecule has 5 nitrogen and oxygen atoms in total. The Balaban J connectivity index is 2.02. The minimum Gasteiger partial charge on any atom is -0.395 e. The van der Waals surface area contributed by atoms with E-state index in [1.807, 2.05) is 18.2 Å². The third-order valence-electron chi connectivity index (χ3n) is 3.75. The first kappa shape index (κ1) is 15.4. The van der Waals surface area contributed by atoms with Crippen molar-refractivity contribution in [2.75, 3.05) is 18.9 Å². The highest BCUT2D eigenvalue weighted by Crippen LogP contribution is 2.25. The molecule has 6 heteroatoms. The molecule has 2 rings (SSSR count). The zero-order valence-electron chi connectivity index (χ0n) is 11.6. The molecule has 0 bridgehead atoms. The number of hydrogen-bond acceptors (Lipinski definition) is 4. The molecule has 1 aromatic rings. The number of aliphatic hydroxyl groups excluding tert-OH is 1. The number of rotatable bonds is 7. The van der Waals surface area contributed by atoms with Crippen molar-refractivity contribution in [1.29, 1.82) is 0 Å². The van der Waals surface area contributed by atoms with Gasteiger partial charge in [0, 0.05) is 30.9 Å². The van der Waals surface area contributed by atoms with Gasteiger partial charge in [-0.15, -0.1) is 0 Å². The van der Waals surface area contributed by atoms with Crippen LogP contribution in [0.3, 0.4) is 0 Å². The van der Waals surface area contributed by atoms with E-state index < -0.39 is 10.0 Å². The van der Waals surface area contributed by atoms with Gasteiger partial charge in [0.1, 0.15) is 0 Å².